The smallest absolute Gasteiger partial charge is 0.277 e. The molecule has 0 radical (unpaired) electrons. The number of nitrogens with zero attached hydrogens (tertiary/aromatic N) is 5. The first-order valence-electron chi connectivity index (χ1n) is 8.28. The highest BCUT2D eigenvalue weighted by atomic mass is 35.5. The monoisotopic (exact) mass is 456 g/mol. The minimum atomic E-state index is -4.57. The van der Waals surface area contributed by atoms with Crippen LogP contribution in [0.5, 0.6) is 0 Å². The number of aromatic nitrogens is 5. The number of anilines is 1. The molecule has 0 unspecified atom stereocenters. The predicted molar refractivity (Wildman–Crippen MR) is 103 cm³/mol. The molecule has 0 aliphatic rings. The Morgan fingerprint density at radius 2 is 1.97 bits per heavy atom. The number of nitrogens with one attached hydrogen (secondary N) is 1. The summed E-state index contributed by atoms with van der Waals surface area (Å²) in [5.41, 5.74) is -0.385. The lowest BCUT2D eigenvalue weighted by Crippen LogP contribution is -2.12. The first-order valence-corrected chi connectivity index (χ1v) is 10.1. The molecular formula is C17H12ClF3N6O2S. The van der Waals surface area contributed by atoms with Crippen LogP contribution in [0.15, 0.2) is 53.8 Å². The molecule has 4 aromatic rings. The molecule has 0 bridgehead atoms. The van der Waals surface area contributed by atoms with Crippen molar-refractivity contribution in [3.8, 4) is 5.82 Å². The zero-order chi connectivity index (χ0) is 21.7. The number of pyridine rings is 1. The average molecular weight is 457 g/mol. The van der Waals surface area contributed by atoms with Crippen LogP contribution >= 0.6 is 11.6 Å². The Kier molecular flexibility index (Phi) is 4.70. The van der Waals surface area contributed by atoms with Crippen LogP contribution in [0.4, 0.5) is 18.9 Å². The van der Waals surface area contributed by atoms with E-state index in [0.717, 1.165) is 35.4 Å². The lowest BCUT2D eigenvalue weighted by atomic mass is 10.2. The quantitative estimate of drug-likeness (QED) is 0.506. The van der Waals surface area contributed by atoms with Gasteiger partial charge in [0.15, 0.2) is 5.82 Å². The van der Waals surface area contributed by atoms with Crippen LogP contribution in [0.2, 0.25) is 5.15 Å². The molecule has 0 aliphatic carbocycles. The molecule has 0 atom stereocenters. The maximum atomic E-state index is 12.9. The van der Waals surface area contributed by atoms with Crippen molar-refractivity contribution in [3.63, 3.8) is 0 Å². The van der Waals surface area contributed by atoms with E-state index in [1.54, 1.807) is 19.2 Å². The highest BCUT2D eigenvalue weighted by Gasteiger charge is 2.31. The van der Waals surface area contributed by atoms with E-state index in [0.29, 0.717) is 16.1 Å². The summed E-state index contributed by atoms with van der Waals surface area (Å²) in [4.78, 5) is 3.55. The molecule has 1 N–H and O–H groups in total. The molecule has 8 nitrogen and oxygen atoms in total. The Labute approximate surface area is 173 Å². The van der Waals surface area contributed by atoms with Crippen molar-refractivity contribution in [2.24, 2.45) is 7.05 Å². The van der Waals surface area contributed by atoms with E-state index in [2.05, 4.69) is 19.9 Å². The van der Waals surface area contributed by atoms with E-state index in [-0.39, 0.29) is 16.4 Å². The van der Waals surface area contributed by atoms with Crippen molar-refractivity contribution in [2.45, 2.75) is 11.1 Å². The first-order chi connectivity index (χ1) is 14.1. The zero-order valence-corrected chi connectivity index (χ0v) is 16.7. The van der Waals surface area contributed by atoms with Gasteiger partial charge in [0.2, 0.25) is 0 Å². The summed E-state index contributed by atoms with van der Waals surface area (Å²) in [6.45, 7) is 0. The van der Waals surface area contributed by atoms with Gasteiger partial charge in [0.25, 0.3) is 10.0 Å². The summed E-state index contributed by atoms with van der Waals surface area (Å²) in [6, 6.07) is 6.41. The molecule has 4 rings (SSSR count). The number of benzene rings is 1. The normalized spacial score (nSPS) is 12.4. The molecule has 0 saturated heterocycles. The van der Waals surface area contributed by atoms with Gasteiger partial charge in [-0.05, 0) is 24.3 Å². The SMILES string of the molecule is Cn1nc2c(NS(=O)(=O)c3cnn(-c4cc(C(F)(F)F)ccn4)c3)cccc2c1Cl. The van der Waals surface area contributed by atoms with Crippen LogP contribution in [0, 0.1) is 0 Å². The summed E-state index contributed by atoms with van der Waals surface area (Å²) in [6.07, 6.45) is -1.52. The largest absolute Gasteiger partial charge is 0.416 e. The van der Waals surface area contributed by atoms with Crippen LogP contribution in [-0.4, -0.2) is 33.0 Å². The summed E-state index contributed by atoms with van der Waals surface area (Å²) in [5.74, 6) is -0.176. The van der Waals surface area contributed by atoms with Gasteiger partial charge in [-0.2, -0.15) is 23.4 Å². The number of rotatable bonds is 4. The van der Waals surface area contributed by atoms with Crippen LogP contribution in [0.25, 0.3) is 16.7 Å². The third-order valence-corrected chi connectivity index (χ3v) is 5.98. The average Bonchev–Trinajstić information content (AvgIpc) is 3.29. The number of fused-ring (bicyclic) bond motifs is 1. The molecule has 1 aromatic carbocycles. The summed E-state index contributed by atoms with van der Waals surface area (Å²) in [7, 11) is -2.49. The van der Waals surface area contributed by atoms with Gasteiger partial charge in [-0.15, -0.1) is 0 Å². The first kappa shape index (κ1) is 20.2. The summed E-state index contributed by atoms with van der Waals surface area (Å²) < 4.78 is 69.0. The van der Waals surface area contributed by atoms with Crippen LogP contribution in [0.1, 0.15) is 5.56 Å². The van der Waals surface area contributed by atoms with E-state index >= 15 is 0 Å². The van der Waals surface area contributed by atoms with Gasteiger partial charge in [0, 0.05) is 18.6 Å². The fourth-order valence-electron chi connectivity index (χ4n) is 2.76. The minimum absolute atomic E-state index is 0.176. The maximum absolute atomic E-state index is 12.9. The molecule has 0 fully saturated rings. The Hall–Kier alpha value is -3.12. The van der Waals surface area contributed by atoms with Gasteiger partial charge in [-0.3, -0.25) is 9.40 Å². The van der Waals surface area contributed by atoms with E-state index in [9.17, 15) is 21.6 Å². The van der Waals surface area contributed by atoms with Crippen molar-refractivity contribution in [3.05, 3.63) is 59.6 Å². The Morgan fingerprint density at radius 3 is 2.70 bits per heavy atom. The Morgan fingerprint density at radius 1 is 1.20 bits per heavy atom. The van der Waals surface area contributed by atoms with Crippen molar-refractivity contribution in [2.75, 3.05) is 4.72 Å². The van der Waals surface area contributed by atoms with Gasteiger partial charge in [-0.25, -0.2) is 18.1 Å². The number of alkyl halides is 3. The van der Waals surface area contributed by atoms with Gasteiger partial charge in [-0.1, -0.05) is 17.7 Å². The lowest BCUT2D eigenvalue weighted by molar-refractivity contribution is -0.137. The summed E-state index contributed by atoms with van der Waals surface area (Å²) in [5, 5.41) is 8.92. The lowest BCUT2D eigenvalue weighted by Gasteiger charge is -2.08. The summed E-state index contributed by atoms with van der Waals surface area (Å²) >= 11 is 6.14. The fraction of sp³-hybridized carbons (Fsp3) is 0.118. The molecule has 0 saturated carbocycles. The van der Waals surface area contributed by atoms with Crippen molar-refractivity contribution >= 4 is 38.2 Å². The molecule has 13 heteroatoms. The van der Waals surface area contributed by atoms with E-state index in [4.69, 9.17) is 11.6 Å². The van der Waals surface area contributed by atoms with Gasteiger partial charge >= 0.3 is 6.18 Å². The predicted octanol–water partition coefficient (Wildman–Crippen LogP) is 3.63. The topological polar surface area (TPSA) is 94.7 Å². The Balaban J connectivity index is 1.68. The molecular weight excluding hydrogens is 445 g/mol. The molecule has 0 spiro atoms. The second-order valence-corrected chi connectivity index (χ2v) is 8.28. The minimum Gasteiger partial charge on any atom is -0.277 e. The van der Waals surface area contributed by atoms with Gasteiger partial charge in [0.1, 0.15) is 15.6 Å². The third kappa shape index (κ3) is 3.59. The molecule has 0 aliphatic heterocycles. The highest BCUT2D eigenvalue weighted by molar-refractivity contribution is 7.92. The maximum Gasteiger partial charge on any atom is 0.416 e. The number of halogens is 4. The fourth-order valence-corrected chi connectivity index (χ4v) is 3.95. The molecule has 3 heterocycles. The van der Waals surface area contributed by atoms with Crippen LogP contribution in [-0.2, 0) is 23.2 Å². The standard InChI is InChI=1S/C17H12ClF3N6O2S/c1-26-16(18)12-3-2-4-13(15(12)24-26)25-30(28,29)11-8-23-27(9-11)14-7-10(5-6-22-14)17(19,20)21/h2-9,25H,1H3. The van der Waals surface area contributed by atoms with Crippen molar-refractivity contribution in [1.29, 1.82) is 0 Å². The van der Waals surface area contributed by atoms with Gasteiger partial charge < -0.3 is 0 Å². The van der Waals surface area contributed by atoms with Crippen LogP contribution in [0.3, 0.4) is 0 Å². The number of hydrogen-bond acceptors (Lipinski definition) is 5. The number of aryl methyl sites for hydroxylation is 1. The van der Waals surface area contributed by atoms with Crippen molar-refractivity contribution in [1.82, 2.24) is 24.5 Å². The molecule has 0 amide bonds. The second-order valence-electron chi connectivity index (χ2n) is 6.24. The van der Waals surface area contributed by atoms with E-state index in [1.165, 1.54) is 10.7 Å². The van der Waals surface area contributed by atoms with Crippen LogP contribution < -0.4 is 4.72 Å². The van der Waals surface area contributed by atoms with Gasteiger partial charge in [0.05, 0.1) is 23.6 Å². The zero-order valence-electron chi connectivity index (χ0n) is 15.1. The number of hydrogen-bond donors (Lipinski definition) is 1. The Bertz CT molecular complexity index is 1360. The highest BCUT2D eigenvalue weighted by Crippen LogP contribution is 2.31. The second kappa shape index (κ2) is 6.99. The molecule has 30 heavy (non-hydrogen) atoms. The van der Waals surface area contributed by atoms with E-state index in [1.807, 2.05) is 0 Å². The third-order valence-electron chi connectivity index (χ3n) is 4.21. The van der Waals surface area contributed by atoms with E-state index < -0.39 is 21.8 Å². The molecule has 156 valence electrons. The number of sulfonamides is 1. The molecule has 3 aromatic heterocycles. The van der Waals surface area contributed by atoms with Crippen molar-refractivity contribution < 1.29 is 21.6 Å².